The van der Waals surface area contributed by atoms with Gasteiger partial charge < -0.3 is 10.1 Å². The summed E-state index contributed by atoms with van der Waals surface area (Å²) in [6, 6.07) is 10.8. The van der Waals surface area contributed by atoms with Gasteiger partial charge in [-0.3, -0.25) is 0 Å². The molecular weight excluding hydrogens is 276 g/mol. The van der Waals surface area contributed by atoms with Crippen molar-refractivity contribution in [2.45, 2.75) is 32.2 Å². The van der Waals surface area contributed by atoms with Crippen LogP contribution in [0.2, 0.25) is 0 Å². The van der Waals surface area contributed by atoms with Gasteiger partial charge in [0.2, 0.25) is 0 Å². The number of nitrogens with one attached hydrogen (secondary N) is 1. The van der Waals surface area contributed by atoms with E-state index in [1.807, 2.05) is 6.07 Å². The maximum atomic E-state index is 11.9. The minimum absolute atomic E-state index is 0.352. The number of methoxy groups -OCH3 is 1. The third-order valence-electron chi connectivity index (χ3n) is 3.87. The number of ether oxygens (including phenoxy) is 1. The molecule has 0 unspecified atom stereocenters. The Morgan fingerprint density at radius 2 is 2.14 bits per heavy atom. The molecule has 0 amide bonds. The van der Waals surface area contributed by atoms with Crippen LogP contribution in [0.1, 0.15) is 35.8 Å². The lowest BCUT2D eigenvalue weighted by Crippen LogP contribution is -2.11. The van der Waals surface area contributed by atoms with Gasteiger partial charge in [0.25, 0.3) is 0 Å². The molecule has 1 aromatic heterocycles. The van der Waals surface area contributed by atoms with Crippen molar-refractivity contribution in [2.75, 3.05) is 12.4 Å². The highest BCUT2D eigenvalue weighted by Gasteiger charge is 2.24. The molecule has 1 fully saturated rings. The van der Waals surface area contributed by atoms with E-state index in [1.54, 1.807) is 6.20 Å². The Bertz CT molecular complexity index is 693. The van der Waals surface area contributed by atoms with Crippen LogP contribution in [-0.2, 0) is 11.2 Å². The van der Waals surface area contributed by atoms with Gasteiger partial charge in [-0.05, 0) is 36.5 Å². The summed E-state index contributed by atoms with van der Waals surface area (Å²) in [5.74, 6) is -0.406. The lowest BCUT2D eigenvalue weighted by Gasteiger charge is -2.12. The smallest absolute Gasteiger partial charge is 0.358 e. The second kappa shape index (κ2) is 6.18. The van der Waals surface area contributed by atoms with Gasteiger partial charge >= 0.3 is 5.97 Å². The fourth-order valence-corrected chi connectivity index (χ4v) is 2.41. The Kier molecular flexibility index (Phi) is 4.09. The average Bonchev–Trinajstić information content (AvgIpc) is 3.38. The summed E-state index contributed by atoms with van der Waals surface area (Å²) in [5.41, 5.74) is 4.51. The number of esters is 1. The number of hydrogen-bond acceptors (Lipinski definition) is 4. The fourth-order valence-electron chi connectivity index (χ4n) is 2.41. The molecular formula is C18H20N2O2. The zero-order chi connectivity index (χ0) is 15.5. The van der Waals surface area contributed by atoms with E-state index in [0.29, 0.717) is 11.7 Å². The summed E-state index contributed by atoms with van der Waals surface area (Å²) in [6.07, 6.45) is 5.00. The zero-order valence-corrected chi connectivity index (χ0v) is 12.9. The van der Waals surface area contributed by atoms with Crippen LogP contribution in [0.3, 0.4) is 0 Å². The molecule has 4 nitrogen and oxygen atoms in total. The molecule has 0 atom stereocenters. The van der Waals surface area contributed by atoms with Gasteiger partial charge in [-0.15, -0.1) is 0 Å². The number of benzene rings is 1. The second-order valence-corrected chi connectivity index (χ2v) is 5.58. The van der Waals surface area contributed by atoms with E-state index in [-0.39, 0.29) is 0 Å². The van der Waals surface area contributed by atoms with Crippen molar-refractivity contribution in [3.63, 3.8) is 0 Å². The highest BCUT2D eigenvalue weighted by Crippen LogP contribution is 2.30. The first-order valence-corrected chi connectivity index (χ1v) is 7.65. The molecule has 114 valence electrons. The Labute approximate surface area is 130 Å². The maximum Gasteiger partial charge on any atom is 0.358 e. The Balaban J connectivity index is 1.99. The van der Waals surface area contributed by atoms with Gasteiger partial charge in [-0.25, -0.2) is 9.78 Å². The van der Waals surface area contributed by atoms with Gasteiger partial charge in [0, 0.05) is 17.8 Å². The Hall–Kier alpha value is -2.36. The predicted molar refractivity (Wildman–Crippen MR) is 87.0 cm³/mol. The first-order valence-electron chi connectivity index (χ1n) is 7.65. The first kappa shape index (κ1) is 14.6. The van der Waals surface area contributed by atoms with Crippen molar-refractivity contribution in [3.05, 3.63) is 47.8 Å². The molecule has 0 saturated heterocycles. The van der Waals surface area contributed by atoms with Crippen molar-refractivity contribution in [1.82, 2.24) is 4.98 Å². The van der Waals surface area contributed by atoms with Crippen molar-refractivity contribution in [2.24, 2.45) is 0 Å². The summed E-state index contributed by atoms with van der Waals surface area (Å²) in [6.45, 7) is 2.14. The SMILES string of the molecule is CCc1cccc(-c2cnc(C(=O)OC)c(NC3CC3)c2)c1. The van der Waals surface area contributed by atoms with Gasteiger partial charge in [0.05, 0.1) is 12.8 Å². The number of carbonyl (C=O) groups excluding carboxylic acids is 1. The number of nitrogens with zero attached hydrogens (tertiary/aromatic N) is 1. The van der Waals surface area contributed by atoms with Crippen LogP contribution < -0.4 is 5.32 Å². The Morgan fingerprint density at radius 3 is 2.82 bits per heavy atom. The number of rotatable bonds is 5. The number of carbonyl (C=O) groups is 1. The van der Waals surface area contributed by atoms with Crippen molar-refractivity contribution in [1.29, 1.82) is 0 Å². The highest BCUT2D eigenvalue weighted by atomic mass is 16.5. The summed E-state index contributed by atoms with van der Waals surface area (Å²) in [4.78, 5) is 16.2. The topological polar surface area (TPSA) is 51.2 Å². The molecule has 2 aromatic rings. The fraction of sp³-hybridized carbons (Fsp3) is 0.333. The molecule has 22 heavy (non-hydrogen) atoms. The molecule has 4 heteroatoms. The van der Waals surface area contributed by atoms with Crippen LogP contribution in [-0.4, -0.2) is 24.1 Å². The second-order valence-electron chi connectivity index (χ2n) is 5.58. The van der Waals surface area contributed by atoms with E-state index in [2.05, 4.69) is 41.5 Å². The maximum absolute atomic E-state index is 11.9. The lowest BCUT2D eigenvalue weighted by atomic mass is 10.0. The van der Waals surface area contributed by atoms with Crippen molar-refractivity contribution >= 4 is 11.7 Å². The van der Waals surface area contributed by atoms with Crippen molar-refractivity contribution in [3.8, 4) is 11.1 Å². The number of aromatic nitrogens is 1. The molecule has 1 aliphatic carbocycles. The highest BCUT2D eigenvalue weighted by molar-refractivity contribution is 5.94. The van der Waals surface area contributed by atoms with Crippen LogP contribution in [0.5, 0.6) is 0 Å². The van der Waals surface area contributed by atoms with Crippen molar-refractivity contribution < 1.29 is 9.53 Å². The minimum Gasteiger partial charge on any atom is -0.464 e. The standard InChI is InChI=1S/C18H20N2O2/c1-3-12-5-4-6-13(9-12)14-10-16(20-15-7-8-15)17(19-11-14)18(21)22-2/h4-6,9-11,15,20H,3,7-8H2,1-2H3. The van der Waals surface area contributed by atoms with Gasteiger partial charge in [0.1, 0.15) is 0 Å². The molecule has 1 aromatic carbocycles. The molecule has 0 bridgehead atoms. The average molecular weight is 296 g/mol. The third kappa shape index (κ3) is 3.11. The van der Waals surface area contributed by atoms with Gasteiger partial charge in [-0.1, -0.05) is 31.2 Å². The molecule has 0 spiro atoms. The molecule has 1 N–H and O–H groups in total. The van der Waals surface area contributed by atoms with Crippen LogP contribution in [0, 0.1) is 0 Å². The minimum atomic E-state index is -0.406. The number of aryl methyl sites for hydroxylation is 1. The number of anilines is 1. The molecule has 3 rings (SSSR count). The largest absolute Gasteiger partial charge is 0.464 e. The quantitative estimate of drug-likeness (QED) is 0.855. The molecule has 1 aliphatic rings. The van der Waals surface area contributed by atoms with Crippen LogP contribution in [0.15, 0.2) is 36.5 Å². The lowest BCUT2D eigenvalue weighted by molar-refractivity contribution is 0.0595. The van der Waals surface area contributed by atoms with Gasteiger partial charge in [-0.2, -0.15) is 0 Å². The summed E-state index contributed by atoms with van der Waals surface area (Å²) in [5, 5.41) is 3.38. The van der Waals surface area contributed by atoms with E-state index < -0.39 is 5.97 Å². The van der Waals surface area contributed by atoms with E-state index in [4.69, 9.17) is 4.74 Å². The number of pyridine rings is 1. The first-order chi connectivity index (χ1) is 10.7. The summed E-state index contributed by atoms with van der Waals surface area (Å²) >= 11 is 0. The van der Waals surface area contributed by atoms with E-state index in [9.17, 15) is 4.79 Å². The third-order valence-corrected chi connectivity index (χ3v) is 3.87. The van der Waals surface area contributed by atoms with E-state index >= 15 is 0 Å². The Morgan fingerprint density at radius 1 is 1.32 bits per heavy atom. The van der Waals surface area contributed by atoms with E-state index in [1.165, 1.54) is 12.7 Å². The molecule has 1 saturated carbocycles. The van der Waals surface area contributed by atoms with Crippen LogP contribution in [0.4, 0.5) is 5.69 Å². The zero-order valence-electron chi connectivity index (χ0n) is 12.9. The summed E-state index contributed by atoms with van der Waals surface area (Å²) < 4.78 is 4.82. The number of hydrogen-bond donors (Lipinski definition) is 1. The van der Waals surface area contributed by atoms with E-state index in [0.717, 1.165) is 36.1 Å². The summed E-state index contributed by atoms with van der Waals surface area (Å²) in [7, 11) is 1.38. The predicted octanol–water partition coefficient (Wildman–Crippen LogP) is 3.67. The molecule has 1 heterocycles. The molecule has 0 radical (unpaired) electrons. The van der Waals surface area contributed by atoms with Gasteiger partial charge in [0.15, 0.2) is 5.69 Å². The molecule has 0 aliphatic heterocycles. The monoisotopic (exact) mass is 296 g/mol. The van der Waals surface area contributed by atoms with Crippen LogP contribution >= 0.6 is 0 Å². The van der Waals surface area contributed by atoms with Crippen LogP contribution in [0.25, 0.3) is 11.1 Å². The normalized spacial score (nSPS) is 13.7.